The minimum atomic E-state index is -0.507. The first kappa shape index (κ1) is 15.5. The molecule has 1 aliphatic carbocycles. The quantitative estimate of drug-likeness (QED) is 0.879. The second-order valence-electron chi connectivity index (χ2n) is 5.74. The molecule has 2 rings (SSSR count). The SMILES string of the molecule is CN(CC1CCCCC1O)C(=O)c1ccc(C(N)=O)cc1. The molecule has 0 heterocycles. The van der Waals surface area contributed by atoms with E-state index in [-0.39, 0.29) is 17.9 Å². The topological polar surface area (TPSA) is 83.6 Å². The molecule has 0 bridgehead atoms. The van der Waals surface area contributed by atoms with Crippen molar-refractivity contribution in [2.75, 3.05) is 13.6 Å². The second-order valence-corrected chi connectivity index (χ2v) is 5.74. The number of carbonyl (C=O) groups is 2. The molecule has 2 unspecified atom stereocenters. The Morgan fingerprint density at radius 1 is 1.19 bits per heavy atom. The molecule has 2 atom stereocenters. The fourth-order valence-electron chi connectivity index (χ4n) is 2.83. The summed E-state index contributed by atoms with van der Waals surface area (Å²) in [5, 5.41) is 9.98. The summed E-state index contributed by atoms with van der Waals surface area (Å²) >= 11 is 0. The van der Waals surface area contributed by atoms with Gasteiger partial charge in [-0.1, -0.05) is 12.8 Å². The third-order valence-corrected chi connectivity index (χ3v) is 4.14. The Balaban J connectivity index is 1.99. The number of nitrogens with two attached hydrogens (primary N) is 1. The maximum Gasteiger partial charge on any atom is 0.253 e. The van der Waals surface area contributed by atoms with E-state index in [2.05, 4.69) is 0 Å². The molecule has 0 aliphatic heterocycles. The Kier molecular flexibility index (Phi) is 4.96. The molecule has 1 saturated carbocycles. The summed E-state index contributed by atoms with van der Waals surface area (Å²) in [6, 6.07) is 6.32. The molecule has 0 radical (unpaired) electrons. The van der Waals surface area contributed by atoms with Crippen molar-refractivity contribution in [1.82, 2.24) is 4.90 Å². The largest absolute Gasteiger partial charge is 0.393 e. The predicted octanol–water partition coefficient (Wildman–Crippen LogP) is 1.41. The van der Waals surface area contributed by atoms with Crippen molar-refractivity contribution in [1.29, 1.82) is 0 Å². The van der Waals surface area contributed by atoms with Gasteiger partial charge in [-0.3, -0.25) is 9.59 Å². The zero-order valence-corrected chi connectivity index (χ0v) is 12.3. The number of hydrogen-bond acceptors (Lipinski definition) is 3. The molecular formula is C16H22N2O3. The molecule has 0 aromatic heterocycles. The van der Waals surface area contributed by atoms with Crippen LogP contribution in [0.1, 0.15) is 46.4 Å². The van der Waals surface area contributed by atoms with Gasteiger partial charge in [-0.25, -0.2) is 0 Å². The van der Waals surface area contributed by atoms with E-state index in [1.807, 2.05) is 0 Å². The Labute approximate surface area is 124 Å². The molecule has 2 amide bonds. The first-order valence-electron chi connectivity index (χ1n) is 7.32. The molecule has 114 valence electrons. The van der Waals surface area contributed by atoms with Crippen molar-refractivity contribution < 1.29 is 14.7 Å². The number of nitrogens with zero attached hydrogens (tertiary/aromatic N) is 1. The van der Waals surface area contributed by atoms with Gasteiger partial charge in [0.1, 0.15) is 0 Å². The maximum atomic E-state index is 12.3. The molecular weight excluding hydrogens is 268 g/mol. The summed E-state index contributed by atoms with van der Waals surface area (Å²) in [6.45, 7) is 0.553. The van der Waals surface area contributed by atoms with Gasteiger partial charge < -0.3 is 15.7 Å². The molecule has 1 aromatic carbocycles. The molecule has 5 nitrogen and oxygen atoms in total. The summed E-state index contributed by atoms with van der Waals surface area (Å²) in [4.78, 5) is 25.0. The van der Waals surface area contributed by atoms with Gasteiger partial charge in [0, 0.05) is 30.6 Å². The molecule has 21 heavy (non-hydrogen) atoms. The van der Waals surface area contributed by atoms with E-state index in [0.717, 1.165) is 25.7 Å². The van der Waals surface area contributed by atoms with E-state index in [1.165, 1.54) is 0 Å². The standard InChI is InChI=1S/C16H22N2O3/c1-18(10-13-4-2-3-5-14(13)19)16(21)12-8-6-11(7-9-12)15(17)20/h6-9,13-14,19H,2-5,10H2,1H3,(H2,17,20). The summed E-state index contributed by atoms with van der Waals surface area (Å²) in [5.74, 6) is -0.464. The predicted molar refractivity (Wildman–Crippen MR) is 79.9 cm³/mol. The molecule has 1 aliphatic rings. The van der Waals surface area contributed by atoms with Crippen molar-refractivity contribution in [2.45, 2.75) is 31.8 Å². The van der Waals surface area contributed by atoms with E-state index in [1.54, 1.807) is 36.2 Å². The van der Waals surface area contributed by atoms with Crippen molar-refractivity contribution in [3.8, 4) is 0 Å². The van der Waals surface area contributed by atoms with Crippen LogP contribution in [0.25, 0.3) is 0 Å². The van der Waals surface area contributed by atoms with E-state index in [4.69, 9.17) is 5.73 Å². The van der Waals surface area contributed by atoms with Gasteiger partial charge in [0.15, 0.2) is 0 Å². The van der Waals surface area contributed by atoms with Crippen LogP contribution in [0.4, 0.5) is 0 Å². The molecule has 0 spiro atoms. The van der Waals surface area contributed by atoms with Gasteiger partial charge in [0.05, 0.1) is 6.10 Å². The Bertz CT molecular complexity index is 513. The van der Waals surface area contributed by atoms with Crippen LogP contribution in [-0.4, -0.2) is 41.5 Å². The Morgan fingerprint density at radius 3 is 2.33 bits per heavy atom. The van der Waals surface area contributed by atoms with E-state index >= 15 is 0 Å². The fourth-order valence-corrected chi connectivity index (χ4v) is 2.83. The normalized spacial score (nSPS) is 21.8. The van der Waals surface area contributed by atoms with Crippen LogP contribution < -0.4 is 5.73 Å². The number of aliphatic hydroxyl groups excluding tert-OH is 1. The molecule has 1 fully saturated rings. The zero-order valence-electron chi connectivity index (χ0n) is 12.3. The molecule has 0 saturated heterocycles. The summed E-state index contributed by atoms with van der Waals surface area (Å²) < 4.78 is 0. The average molecular weight is 290 g/mol. The number of aliphatic hydroxyl groups is 1. The number of carbonyl (C=O) groups excluding carboxylic acids is 2. The number of amides is 2. The highest BCUT2D eigenvalue weighted by atomic mass is 16.3. The second kappa shape index (κ2) is 6.72. The lowest BCUT2D eigenvalue weighted by molar-refractivity contribution is 0.0451. The lowest BCUT2D eigenvalue weighted by Gasteiger charge is -2.31. The lowest BCUT2D eigenvalue weighted by Crippen LogP contribution is -2.38. The smallest absolute Gasteiger partial charge is 0.253 e. The van der Waals surface area contributed by atoms with Crippen molar-refractivity contribution in [3.63, 3.8) is 0 Å². The summed E-state index contributed by atoms with van der Waals surface area (Å²) in [6.07, 6.45) is 3.63. The van der Waals surface area contributed by atoms with Crippen LogP contribution >= 0.6 is 0 Å². The van der Waals surface area contributed by atoms with Crippen LogP contribution in [0, 0.1) is 5.92 Å². The minimum absolute atomic E-state index is 0.108. The van der Waals surface area contributed by atoms with E-state index < -0.39 is 5.91 Å². The van der Waals surface area contributed by atoms with Gasteiger partial charge >= 0.3 is 0 Å². The molecule has 5 heteroatoms. The number of primary amides is 1. The van der Waals surface area contributed by atoms with Crippen LogP contribution in [0.15, 0.2) is 24.3 Å². The zero-order chi connectivity index (χ0) is 15.4. The van der Waals surface area contributed by atoms with Gasteiger partial charge in [-0.15, -0.1) is 0 Å². The molecule has 1 aromatic rings. The van der Waals surface area contributed by atoms with Crippen molar-refractivity contribution in [3.05, 3.63) is 35.4 Å². The van der Waals surface area contributed by atoms with Crippen LogP contribution in [-0.2, 0) is 0 Å². The summed E-state index contributed by atoms with van der Waals surface area (Å²) in [5.41, 5.74) is 6.08. The van der Waals surface area contributed by atoms with E-state index in [0.29, 0.717) is 17.7 Å². The fraction of sp³-hybridized carbons (Fsp3) is 0.500. The lowest BCUT2D eigenvalue weighted by atomic mass is 9.86. The van der Waals surface area contributed by atoms with Crippen molar-refractivity contribution in [2.24, 2.45) is 11.7 Å². The minimum Gasteiger partial charge on any atom is -0.393 e. The Morgan fingerprint density at radius 2 is 1.76 bits per heavy atom. The van der Waals surface area contributed by atoms with Gasteiger partial charge in [0.2, 0.25) is 5.91 Å². The van der Waals surface area contributed by atoms with Gasteiger partial charge in [-0.05, 0) is 37.1 Å². The molecule has 3 N–H and O–H groups in total. The Hall–Kier alpha value is -1.88. The van der Waals surface area contributed by atoms with Gasteiger partial charge in [0.25, 0.3) is 5.91 Å². The average Bonchev–Trinajstić information content (AvgIpc) is 2.49. The van der Waals surface area contributed by atoms with Crippen LogP contribution in [0.3, 0.4) is 0 Å². The highest BCUT2D eigenvalue weighted by Crippen LogP contribution is 2.25. The van der Waals surface area contributed by atoms with Crippen molar-refractivity contribution >= 4 is 11.8 Å². The third kappa shape index (κ3) is 3.82. The summed E-state index contributed by atoms with van der Waals surface area (Å²) in [7, 11) is 1.74. The third-order valence-electron chi connectivity index (χ3n) is 4.14. The number of benzene rings is 1. The first-order valence-corrected chi connectivity index (χ1v) is 7.32. The monoisotopic (exact) mass is 290 g/mol. The highest BCUT2D eigenvalue weighted by molar-refractivity contribution is 5.97. The van der Waals surface area contributed by atoms with E-state index in [9.17, 15) is 14.7 Å². The van der Waals surface area contributed by atoms with Crippen LogP contribution in [0.5, 0.6) is 0 Å². The maximum absolute atomic E-state index is 12.3. The van der Waals surface area contributed by atoms with Crippen LogP contribution in [0.2, 0.25) is 0 Å². The first-order chi connectivity index (χ1) is 9.99. The van der Waals surface area contributed by atoms with Gasteiger partial charge in [-0.2, -0.15) is 0 Å². The number of hydrogen-bond donors (Lipinski definition) is 2. The highest BCUT2D eigenvalue weighted by Gasteiger charge is 2.25. The number of rotatable bonds is 4.